The number of amides is 2. The Morgan fingerprint density at radius 1 is 1.03 bits per heavy atom. The summed E-state index contributed by atoms with van der Waals surface area (Å²) in [4.78, 5) is 51.9. The minimum Gasteiger partial charge on any atom is -0.457 e. The zero-order valence-electron chi connectivity index (χ0n) is 19.4. The lowest BCUT2D eigenvalue weighted by atomic mass is 10.1. The predicted octanol–water partition coefficient (Wildman–Crippen LogP) is 3.50. The molecule has 4 rings (SSSR count). The number of hydrogen-bond donors (Lipinski definition) is 0. The van der Waals surface area contributed by atoms with Crippen LogP contribution in [0.25, 0.3) is 0 Å². The third-order valence-electron chi connectivity index (χ3n) is 5.73. The van der Waals surface area contributed by atoms with Gasteiger partial charge in [0, 0.05) is 25.7 Å². The summed E-state index contributed by atoms with van der Waals surface area (Å²) in [6, 6.07) is 12.8. The normalized spacial score (nSPS) is 15.8. The molecule has 3 aromatic rings. The molecule has 0 radical (unpaired) electrons. The van der Waals surface area contributed by atoms with E-state index in [0.717, 1.165) is 5.56 Å². The van der Waals surface area contributed by atoms with Crippen LogP contribution < -0.4 is 0 Å². The second-order valence-corrected chi connectivity index (χ2v) is 9.17. The molecule has 1 aromatic carbocycles. The van der Waals surface area contributed by atoms with Gasteiger partial charge in [0.25, 0.3) is 11.8 Å². The van der Waals surface area contributed by atoms with Crippen molar-refractivity contribution in [2.45, 2.75) is 33.4 Å². The van der Waals surface area contributed by atoms with Crippen molar-refractivity contribution >= 4 is 29.1 Å². The molecule has 1 atom stereocenters. The van der Waals surface area contributed by atoms with Crippen LogP contribution in [-0.4, -0.2) is 63.2 Å². The molecule has 2 amide bonds. The molecular weight excluding hydrogens is 452 g/mol. The van der Waals surface area contributed by atoms with Crippen molar-refractivity contribution in [3.8, 4) is 0 Å². The first-order chi connectivity index (χ1) is 16.3. The summed E-state index contributed by atoms with van der Waals surface area (Å²) in [7, 11) is 0. The van der Waals surface area contributed by atoms with Gasteiger partial charge in [-0.2, -0.15) is 0 Å². The number of aromatic nitrogens is 2. The maximum atomic E-state index is 13.5. The van der Waals surface area contributed by atoms with Crippen molar-refractivity contribution < 1.29 is 19.1 Å². The standard InChI is InChI=1S/C25H26N4O4S/c1-16-14-28(11-12-29(16)23(30)20-10-7-13-34-20)24(31)22-21(17(2)26-18(3)27-22)25(32)33-15-19-8-5-4-6-9-19/h4-10,13,16H,11-12,14-15H2,1-3H3. The monoisotopic (exact) mass is 478 g/mol. The number of aryl methyl sites for hydroxylation is 2. The Hall–Kier alpha value is -3.59. The molecule has 0 spiro atoms. The van der Waals surface area contributed by atoms with Gasteiger partial charge in [-0.15, -0.1) is 11.3 Å². The molecule has 3 heterocycles. The molecule has 0 saturated carbocycles. The van der Waals surface area contributed by atoms with Gasteiger partial charge in [-0.05, 0) is 37.8 Å². The number of benzene rings is 1. The average molecular weight is 479 g/mol. The molecule has 176 valence electrons. The Kier molecular flexibility index (Phi) is 7.02. The highest BCUT2D eigenvalue weighted by molar-refractivity contribution is 7.12. The Balaban J connectivity index is 1.51. The highest BCUT2D eigenvalue weighted by Crippen LogP contribution is 2.21. The summed E-state index contributed by atoms with van der Waals surface area (Å²) in [6.07, 6.45) is 0. The second-order valence-electron chi connectivity index (χ2n) is 8.22. The second kappa shape index (κ2) is 10.1. The molecule has 9 heteroatoms. The van der Waals surface area contributed by atoms with Crippen molar-refractivity contribution in [3.63, 3.8) is 0 Å². The summed E-state index contributed by atoms with van der Waals surface area (Å²) >= 11 is 1.40. The Morgan fingerprint density at radius 2 is 1.79 bits per heavy atom. The summed E-state index contributed by atoms with van der Waals surface area (Å²) < 4.78 is 5.48. The lowest BCUT2D eigenvalue weighted by Crippen LogP contribution is -2.55. The van der Waals surface area contributed by atoms with Gasteiger partial charge < -0.3 is 14.5 Å². The van der Waals surface area contributed by atoms with Crippen molar-refractivity contribution in [1.82, 2.24) is 19.8 Å². The SMILES string of the molecule is Cc1nc(C)c(C(=O)OCc2ccccc2)c(C(=O)N2CCN(C(=O)c3cccs3)C(C)C2)n1. The van der Waals surface area contributed by atoms with Gasteiger partial charge in [0.1, 0.15) is 23.7 Å². The fourth-order valence-corrected chi connectivity index (χ4v) is 4.72. The highest BCUT2D eigenvalue weighted by Gasteiger charge is 2.34. The first-order valence-corrected chi connectivity index (χ1v) is 11.9. The van der Waals surface area contributed by atoms with E-state index in [1.54, 1.807) is 29.7 Å². The van der Waals surface area contributed by atoms with E-state index in [1.165, 1.54) is 11.3 Å². The number of thiophene rings is 1. The molecule has 0 aliphatic carbocycles. The predicted molar refractivity (Wildman–Crippen MR) is 128 cm³/mol. The number of ether oxygens (including phenoxy) is 1. The topological polar surface area (TPSA) is 92.7 Å². The lowest BCUT2D eigenvalue weighted by Gasteiger charge is -2.39. The number of carbonyl (C=O) groups excluding carboxylic acids is 3. The van der Waals surface area contributed by atoms with Gasteiger partial charge in [0.15, 0.2) is 0 Å². The van der Waals surface area contributed by atoms with Crippen LogP contribution in [0.3, 0.4) is 0 Å². The van der Waals surface area contributed by atoms with E-state index in [0.29, 0.717) is 36.0 Å². The number of carbonyl (C=O) groups is 3. The van der Waals surface area contributed by atoms with Crippen molar-refractivity contribution in [2.75, 3.05) is 19.6 Å². The third kappa shape index (κ3) is 4.99. The van der Waals surface area contributed by atoms with E-state index in [9.17, 15) is 14.4 Å². The minimum absolute atomic E-state index is 0.0338. The van der Waals surface area contributed by atoms with E-state index in [-0.39, 0.29) is 35.7 Å². The van der Waals surface area contributed by atoms with Crippen LogP contribution in [0.5, 0.6) is 0 Å². The Labute approximate surface area is 202 Å². The van der Waals surface area contributed by atoms with Gasteiger partial charge in [0.2, 0.25) is 0 Å². The van der Waals surface area contributed by atoms with Crippen LogP contribution in [0.2, 0.25) is 0 Å². The van der Waals surface area contributed by atoms with E-state index in [1.807, 2.05) is 48.7 Å². The first kappa shape index (κ1) is 23.6. The number of piperazine rings is 1. The van der Waals surface area contributed by atoms with Crippen LogP contribution in [0.4, 0.5) is 0 Å². The zero-order chi connectivity index (χ0) is 24.2. The molecule has 1 saturated heterocycles. The fourth-order valence-electron chi connectivity index (χ4n) is 4.04. The van der Waals surface area contributed by atoms with E-state index in [4.69, 9.17) is 4.74 Å². The van der Waals surface area contributed by atoms with E-state index in [2.05, 4.69) is 9.97 Å². The number of rotatable bonds is 5. The van der Waals surface area contributed by atoms with Gasteiger partial charge in [-0.3, -0.25) is 9.59 Å². The fraction of sp³-hybridized carbons (Fsp3) is 0.320. The van der Waals surface area contributed by atoms with Crippen molar-refractivity contribution in [2.24, 2.45) is 0 Å². The molecule has 8 nitrogen and oxygen atoms in total. The van der Waals surface area contributed by atoms with Crippen molar-refractivity contribution in [1.29, 1.82) is 0 Å². The van der Waals surface area contributed by atoms with Crippen LogP contribution >= 0.6 is 11.3 Å². The zero-order valence-corrected chi connectivity index (χ0v) is 20.2. The van der Waals surface area contributed by atoms with Crippen LogP contribution in [0.15, 0.2) is 47.8 Å². The average Bonchev–Trinajstić information content (AvgIpc) is 3.37. The van der Waals surface area contributed by atoms with Crippen LogP contribution in [0.1, 0.15) is 54.5 Å². The third-order valence-corrected chi connectivity index (χ3v) is 6.59. The molecule has 1 aliphatic heterocycles. The molecular formula is C25H26N4O4S. The maximum Gasteiger partial charge on any atom is 0.342 e. The molecule has 1 unspecified atom stereocenters. The van der Waals surface area contributed by atoms with Gasteiger partial charge in [0.05, 0.1) is 10.6 Å². The van der Waals surface area contributed by atoms with Gasteiger partial charge in [-0.25, -0.2) is 14.8 Å². The van der Waals surface area contributed by atoms with Gasteiger partial charge >= 0.3 is 5.97 Å². The smallest absolute Gasteiger partial charge is 0.342 e. The van der Waals surface area contributed by atoms with Crippen molar-refractivity contribution in [3.05, 3.63) is 81.1 Å². The highest BCUT2D eigenvalue weighted by atomic mass is 32.1. The summed E-state index contributed by atoms with van der Waals surface area (Å²) in [5, 5.41) is 1.87. The maximum absolute atomic E-state index is 13.5. The summed E-state index contributed by atoms with van der Waals surface area (Å²) in [5.41, 5.74) is 1.35. The Bertz CT molecular complexity index is 1200. The molecule has 34 heavy (non-hydrogen) atoms. The molecule has 0 N–H and O–H groups in total. The van der Waals surface area contributed by atoms with E-state index < -0.39 is 5.97 Å². The summed E-state index contributed by atoms with van der Waals surface area (Å²) in [6.45, 7) is 6.45. The molecule has 0 bridgehead atoms. The summed E-state index contributed by atoms with van der Waals surface area (Å²) in [5.74, 6) is -0.631. The lowest BCUT2D eigenvalue weighted by molar-refractivity contribution is 0.0404. The van der Waals surface area contributed by atoms with Crippen LogP contribution in [-0.2, 0) is 11.3 Å². The largest absolute Gasteiger partial charge is 0.457 e. The molecule has 2 aromatic heterocycles. The molecule has 1 fully saturated rings. The van der Waals surface area contributed by atoms with E-state index >= 15 is 0 Å². The van der Waals surface area contributed by atoms with Crippen LogP contribution in [0, 0.1) is 13.8 Å². The number of esters is 1. The minimum atomic E-state index is -0.635. The Morgan fingerprint density at radius 3 is 2.47 bits per heavy atom. The quantitative estimate of drug-likeness (QED) is 0.521. The first-order valence-electron chi connectivity index (χ1n) is 11.0. The van der Waals surface area contributed by atoms with Gasteiger partial charge in [-0.1, -0.05) is 36.4 Å². The number of nitrogens with zero attached hydrogens (tertiary/aromatic N) is 4. The number of hydrogen-bond acceptors (Lipinski definition) is 7. The molecule has 1 aliphatic rings.